The van der Waals surface area contributed by atoms with Crippen LogP contribution in [0.5, 0.6) is 0 Å². The van der Waals surface area contributed by atoms with Gasteiger partial charge in [0.2, 0.25) is 0 Å². The molecule has 2 atom stereocenters. The molecule has 6 nitrogen and oxygen atoms in total. The standard InChI is InChI=1S/C18H21N3O3/c1-24-16-11-21(10-9-14(16)19)17-13(18(22)23)7-8-15(20-17)12-5-3-2-4-6-12/h2-8,14,16H,9-11,19H2,1H3,(H,22,23)/t14-,16+/m0/s1. The number of carbonyl (C=O) groups is 1. The Kier molecular flexibility index (Phi) is 4.78. The van der Waals surface area contributed by atoms with Gasteiger partial charge in [-0.25, -0.2) is 9.78 Å². The molecule has 1 aliphatic rings. The number of aromatic carboxylic acids is 1. The van der Waals surface area contributed by atoms with E-state index in [0.717, 1.165) is 17.7 Å². The van der Waals surface area contributed by atoms with Gasteiger partial charge in [-0.1, -0.05) is 30.3 Å². The Labute approximate surface area is 140 Å². The molecule has 1 fully saturated rings. The van der Waals surface area contributed by atoms with E-state index in [0.29, 0.717) is 18.9 Å². The average Bonchev–Trinajstić information content (AvgIpc) is 2.62. The average molecular weight is 327 g/mol. The first-order valence-electron chi connectivity index (χ1n) is 7.93. The number of hydrogen-bond donors (Lipinski definition) is 2. The molecule has 6 heteroatoms. The Morgan fingerprint density at radius 1 is 1.29 bits per heavy atom. The minimum absolute atomic E-state index is 0.0446. The van der Waals surface area contributed by atoms with E-state index in [9.17, 15) is 9.90 Å². The summed E-state index contributed by atoms with van der Waals surface area (Å²) in [5.41, 5.74) is 7.96. The molecule has 0 radical (unpaired) electrons. The summed E-state index contributed by atoms with van der Waals surface area (Å²) in [5, 5.41) is 9.51. The predicted molar refractivity (Wildman–Crippen MR) is 92.2 cm³/mol. The number of aromatic nitrogens is 1. The fourth-order valence-corrected chi connectivity index (χ4v) is 3.00. The lowest BCUT2D eigenvalue weighted by Gasteiger charge is -2.37. The maximum absolute atomic E-state index is 11.6. The third-order valence-electron chi connectivity index (χ3n) is 4.39. The van der Waals surface area contributed by atoms with Crippen molar-refractivity contribution in [2.24, 2.45) is 5.73 Å². The number of nitrogens with two attached hydrogens (primary N) is 1. The topological polar surface area (TPSA) is 88.7 Å². The van der Waals surface area contributed by atoms with Gasteiger partial charge in [-0.05, 0) is 18.6 Å². The summed E-state index contributed by atoms with van der Waals surface area (Å²) in [6.45, 7) is 1.19. The molecule has 0 amide bonds. The first-order valence-corrected chi connectivity index (χ1v) is 7.93. The summed E-state index contributed by atoms with van der Waals surface area (Å²) in [4.78, 5) is 18.2. The fraction of sp³-hybridized carbons (Fsp3) is 0.333. The Morgan fingerprint density at radius 3 is 2.71 bits per heavy atom. The molecule has 3 N–H and O–H groups in total. The second-order valence-corrected chi connectivity index (χ2v) is 5.91. The summed E-state index contributed by atoms with van der Waals surface area (Å²) in [7, 11) is 1.62. The minimum atomic E-state index is -0.985. The van der Waals surface area contributed by atoms with Crippen molar-refractivity contribution in [3.05, 3.63) is 48.0 Å². The Morgan fingerprint density at radius 2 is 2.04 bits per heavy atom. The largest absolute Gasteiger partial charge is 0.478 e. The zero-order valence-electron chi connectivity index (χ0n) is 13.6. The van der Waals surface area contributed by atoms with Gasteiger partial charge >= 0.3 is 5.97 Å². The maximum Gasteiger partial charge on any atom is 0.339 e. The smallest absolute Gasteiger partial charge is 0.339 e. The highest BCUT2D eigenvalue weighted by Crippen LogP contribution is 2.27. The number of carboxylic acid groups (broad SMARTS) is 1. The lowest BCUT2D eigenvalue weighted by Crippen LogP contribution is -2.52. The van der Waals surface area contributed by atoms with Crippen LogP contribution in [0.4, 0.5) is 5.82 Å². The van der Waals surface area contributed by atoms with Gasteiger partial charge in [-0.15, -0.1) is 0 Å². The van der Waals surface area contributed by atoms with Crippen LogP contribution in [0.3, 0.4) is 0 Å². The van der Waals surface area contributed by atoms with Gasteiger partial charge in [0.1, 0.15) is 11.4 Å². The molecule has 1 saturated heterocycles. The second-order valence-electron chi connectivity index (χ2n) is 5.91. The van der Waals surface area contributed by atoms with E-state index < -0.39 is 5.97 Å². The van der Waals surface area contributed by atoms with E-state index in [-0.39, 0.29) is 17.7 Å². The van der Waals surface area contributed by atoms with Crippen molar-refractivity contribution in [1.29, 1.82) is 0 Å². The molecular weight excluding hydrogens is 306 g/mol. The van der Waals surface area contributed by atoms with Crippen LogP contribution in [-0.4, -0.2) is 48.4 Å². The van der Waals surface area contributed by atoms with Crippen LogP contribution in [0, 0.1) is 0 Å². The molecule has 1 aromatic heterocycles. The third kappa shape index (κ3) is 3.25. The van der Waals surface area contributed by atoms with Gasteiger partial charge in [0.15, 0.2) is 0 Å². The molecule has 0 bridgehead atoms. The Bertz CT molecular complexity index is 721. The maximum atomic E-state index is 11.6. The van der Waals surface area contributed by atoms with E-state index in [2.05, 4.69) is 4.98 Å². The summed E-state index contributed by atoms with van der Waals surface area (Å²) < 4.78 is 5.43. The van der Waals surface area contributed by atoms with Crippen LogP contribution in [0.2, 0.25) is 0 Å². The number of anilines is 1. The molecule has 0 saturated carbocycles. The number of hydrogen-bond acceptors (Lipinski definition) is 5. The number of nitrogens with zero attached hydrogens (tertiary/aromatic N) is 2. The van der Waals surface area contributed by atoms with Crippen molar-refractivity contribution in [2.75, 3.05) is 25.1 Å². The van der Waals surface area contributed by atoms with Gasteiger partial charge in [0.05, 0.1) is 11.8 Å². The van der Waals surface area contributed by atoms with Crippen molar-refractivity contribution in [3.63, 3.8) is 0 Å². The quantitative estimate of drug-likeness (QED) is 0.893. The summed E-state index contributed by atoms with van der Waals surface area (Å²) in [6, 6.07) is 13.0. The molecule has 126 valence electrons. The first-order chi connectivity index (χ1) is 11.6. The highest BCUT2D eigenvalue weighted by atomic mass is 16.5. The monoisotopic (exact) mass is 327 g/mol. The van der Waals surface area contributed by atoms with Crippen LogP contribution in [0.15, 0.2) is 42.5 Å². The number of rotatable bonds is 4. The minimum Gasteiger partial charge on any atom is -0.478 e. The van der Waals surface area contributed by atoms with Crippen LogP contribution in [0.1, 0.15) is 16.8 Å². The van der Waals surface area contributed by atoms with Crippen molar-refractivity contribution in [3.8, 4) is 11.3 Å². The number of piperidine rings is 1. The molecule has 1 aromatic carbocycles. The molecule has 0 unspecified atom stereocenters. The lowest BCUT2D eigenvalue weighted by molar-refractivity contribution is 0.0685. The highest BCUT2D eigenvalue weighted by molar-refractivity contribution is 5.94. The zero-order chi connectivity index (χ0) is 17.1. The normalized spacial score (nSPS) is 20.8. The molecule has 2 aromatic rings. The van der Waals surface area contributed by atoms with Gasteiger partial charge in [0, 0.05) is 31.8 Å². The van der Waals surface area contributed by atoms with Crippen molar-refractivity contribution in [2.45, 2.75) is 18.6 Å². The fourth-order valence-electron chi connectivity index (χ4n) is 3.00. The van der Waals surface area contributed by atoms with Gasteiger partial charge in [0.25, 0.3) is 0 Å². The zero-order valence-corrected chi connectivity index (χ0v) is 13.6. The van der Waals surface area contributed by atoms with E-state index in [1.165, 1.54) is 0 Å². The molecule has 3 rings (SSSR count). The lowest BCUT2D eigenvalue weighted by atomic mass is 10.0. The molecule has 2 heterocycles. The van der Waals surface area contributed by atoms with E-state index in [1.54, 1.807) is 19.2 Å². The Hall–Kier alpha value is -2.44. The highest BCUT2D eigenvalue weighted by Gasteiger charge is 2.29. The van der Waals surface area contributed by atoms with E-state index in [4.69, 9.17) is 10.5 Å². The van der Waals surface area contributed by atoms with E-state index in [1.807, 2.05) is 35.2 Å². The van der Waals surface area contributed by atoms with Gasteiger partial charge < -0.3 is 20.5 Å². The third-order valence-corrected chi connectivity index (χ3v) is 4.39. The first kappa shape index (κ1) is 16.4. The van der Waals surface area contributed by atoms with Crippen LogP contribution >= 0.6 is 0 Å². The summed E-state index contributed by atoms with van der Waals surface area (Å²) in [6.07, 6.45) is 0.594. The second kappa shape index (κ2) is 6.98. The van der Waals surface area contributed by atoms with Crippen LogP contribution in [-0.2, 0) is 4.74 Å². The SMILES string of the molecule is CO[C@@H]1CN(c2nc(-c3ccccc3)ccc2C(=O)O)CC[C@@H]1N. The van der Waals surface area contributed by atoms with E-state index >= 15 is 0 Å². The van der Waals surface area contributed by atoms with Gasteiger partial charge in [-0.3, -0.25) is 0 Å². The summed E-state index contributed by atoms with van der Waals surface area (Å²) in [5.74, 6) is -0.515. The van der Waals surface area contributed by atoms with Gasteiger partial charge in [-0.2, -0.15) is 0 Å². The van der Waals surface area contributed by atoms with Crippen LogP contribution < -0.4 is 10.6 Å². The number of pyridine rings is 1. The molecule has 24 heavy (non-hydrogen) atoms. The number of carboxylic acids is 1. The Balaban J connectivity index is 1.99. The summed E-state index contributed by atoms with van der Waals surface area (Å²) >= 11 is 0. The number of methoxy groups -OCH3 is 1. The molecular formula is C18H21N3O3. The molecule has 0 spiro atoms. The number of benzene rings is 1. The molecule has 0 aliphatic carbocycles. The number of ether oxygens (including phenoxy) is 1. The predicted octanol–water partition coefficient (Wildman–Crippen LogP) is 2.00. The van der Waals surface area contributed by atoms with Crippen LogP contribution in [0.25, 0.3) is 11.3 Å². The van der Waals surface area contributed by atoms with Crippen molar-refractivity contribution in [1.82, 2.24) is 4.98 Å². The molecule has 1 aliphatic heterocycles. The van der Waals surface area contributed by atoms with Crippen molar-refractivity contribution >= 4 is 11.8 Å². The van der Waals surface area contributed by atoms with Crippen molar-refractivity contribution < 1.29 is 14.6 Å².